The van der Waals surface area contributed by atoms with Crippen molar-refractivity contribution in [1.29, 1.82) is 0 Å². The monoisotopic (exact) mass is 257 g/mol. The number of rotatable bonds is 3. The molecule has 0 N–H and O–H groups in total. The minimum atomic E-state index is -0.211. The highest BCUT2D eigenvalue weighted by molar-refractivity contribution is 6.04. The van der Waals surface area contributed by atoms with Crippen LogP contribution in [0, 0.1) is 0 Å². The summed E-state index contributed by atoms with van der Waals surface area (Å²) < 4.78 is 0. The molecule has 0 aromatic heterocycles. The molecule has 19 heavy (non-hydrogen) atoms. The second-order valence-corrected chi connectivity index (χ2v) is 5.58. The Morgan fingerprint density at radius 3 is 2.47 bits per heavy atom. The van der Waals surface area contributed by atoms with Gasteiger partial charge >= 0.3 is 0 Å². The third kappa shape index (κ3) is 2.33. The van der Waals surface area contributed by atoms with E-state index in [2.05, 4.69) is 19.9 Å². The molecule has 0 fully saturated rings. The number of carbonyl (C=O) groups is 2. The van der Waals surface area contributed by atoms with Gasteiger partial charge in [0.2, 0.25) is 0 Å². The lowest BCUT2D eigenvalue weighted by atomic mass is 9.83. The van der Waals surface area contributed by atoms with Crippen LogP contribution >= 0.6 is 0 Å². The number of anilines is 1. The molecule has 0 radical (unpaired) electrons. The molecule has 0 atom stereocenters. The van der Waals surface area contributed by atoms with Crippen molar-refractivity contribution >= 4 is 17.3 Å². The topological polar surface area (TPSA) is 37.4 Å². The zero-order valence-electron chi connectivity index (χ0n) is 11.9. The first-order valence-corrected chi connectivity index (χ1v) is 6.41. The van der Waals surface area contributed by atoms with E-state index in [0.29, 0.717) is 0 Å². The Balaban J connectivity index is 2.42. The van der Waals surface area contributed by atoms with Gasteiger partial charge in [-0.15, -0.1) is 0 Å². The van der Waals surface area contributed by atoms with E-state index in [1.54, 1.807) is 6.08 Å². The number of likely N-dealkylation sites (N-methyl/N-ethyl adjacent to an activating group) is 1. The zero-order valence-corrected chi connectivity index (χ0v) is 11.9. The molecule has 3 heteroatoms. The molecule has 1 aliphatic rings. The predicted octanol–water partition coefficient (Wildman–Crippen LogP) is 2.85. The van der Waals surface area contributed by atoms with Crippen LogP contribution in [0.1, 0.15) is 32.8 Å². The lowest BCUT2D eigenvalue weighted by Crippen LogP contribution is -2.24. The van der Waals surface area contributed by atoms with Crippen LogP contribution in [-0.2, 0) is 15.0 Å². The minimum Gasteiger partial charge on any atom is -0.347 e. The van der Waals surface area contributed by atoms with Gasteiger partial charge in [-0.05, 0) is 18.6 Å². The maximum Gasteiger partial charge on any atom is 0.164 e. The first-order valence-electron chi connectivity index (χ1n) is 6.41. The molecule has 0 bridgehead atoms. The molecule has 100 valence electrons. The number of hydrogen-bond acceptors (Lipinski definition) is 3. The molecule has 2 rings (SSSR count). The van der Waals surface area contributed by atoms with E-state index in [9.17, 15) is 9.59 Å². The number of allylic oxidation sites excluding steroid dienone is 2. The standard InChI is InChI=1S/C16H19NO2/c1-11(18)9-12(19)10-15-16(2,3)13-7-5-6-8-14(13)17(15)4/h5-8,10H,9H2,1-4H3/b15-10+. The molecular weight excluding hydrogens is 238 g/mol. The summed E-state index contributed by atoms with van der Waals surface area (Å²) in [5.41, 5.74) is 3.06. The van der Waals surface area contributed by atoms with E-state index in [-0.39, 0.29) is 23.4 Å². The second-order valence-electron chi connectivity index (χ2n) is 5.58. The van der Waals surface area contributed by atoms with E-state index in [0.717, 1.165) is 11.4 Å². The van der Waals surface area contributed by atoms with E-state index in [1.165, 1.54) is 12.5 Å². The van der Waals surface area contributed by atoms with Crippen LogP contribution in [0.2, 0.25) is 0 Å². The fourth-order valence-corrected chi connectivity index (χ4v) is 2.71. The Morgan fingerprint density at radius 1 is 1.26 bits per heavy atom. The van der Waals surface area contributed by atoms with Crippen LogP contribution in [0.5, 0.6) is 0 Å². The third-order valence-corrected chi connectivity index (χ3v) is 3.66. The largest absolute Gasteiger partial charge is 0.347 e. The van der Waals surface area contributed by atoms with Crippen molar-refractivity contribution in [3.63, 3.8) is 0 Å². The van der Waals surface area contributed by atoms with Gasteiger partial charge in [-0.2, -0.15) is 0 Å². The van der Waals surface area contributed by atoms with Crippen molar-refractivity contribution in [2.45, 2.75) is 32.6 Å². The van der Waals surface area contributed by atoms with Gasteiger partial charge < -0.3 is 4.90 Å². The molecule has 1 heterocycles. The van der Waals surface area contributed by atoms with Crippen LogP contribution in [0.3, 0.4) is 0 Å². The highest BCUT2D eigenvalue weighted by Gasteiger charge is 2.38. The number of hydrogen-bond donors (Lipinski definition) is 0. The highest BCUT2D eigenvalue weighted by Crippen LogP contribution is 2.46. The van der Waals surface area contributed by atoms with Gasteiger partial charge in [-0.3, -0.25) is 9.59 Å². The van der Waals surface area contributed by atoms with Gasteiger partial charge in [0.1, 0.15) is 5.78 Å². The normalized spacial score (nSPS) is 18.5. The van der Waals surface area contributed by atoms with Crippen molar-refractivity contribution in [3.8, 4) is 0 Å². The quantitative estimate of drug-likeness (QED) is 0.617. The summed E-state index contributed by atoms with van der Waals surface area (Å²) >= 11 is 0. The molecule has 0 spiro atoms. The van der Waals surface area contributed by atoms with Crippen LogP contribution in [0.4, 0.5) is 5.69 Å². The fraction of sp³-hybridized carbons (Fsp3) is 0.375. The molecule has 0 saturated carbocycles. The molecule has 1 aromatic rings. The van der Waals surface area contributed by atoms with Gasteiger partial charge in [0.05, 0.1) is 6.42 Å². The Morgan fingerprint density at radius 2 is 1.89 bits per heavy atom. The van der Waals surface area contributed by atoms with Gasteiger partial charge in [0, 0.05) is 29.9 Å². The molecular formula is C16H19NO2. The molecule has 0 amide bonds. The number of benzene rings is 1. The van der Waals surface area contributed by atoms with E-state index >= 15 is 0 Å². The Hall–Kier alpha value is -1.90. The van der Waals surface area contributed by atoms with Gasteiger partial charge in [0.15, 0.2) is 5.78 Å². The number of para-hydroxylation sites is 1. The van der Waals surface area contributed by atoms with E-state index < -0.39 is 0 Å². The number of carbonyl (C=O) groups excluding carboxylic acids is 2. The Labute approximate surface area is 113 Å². The lowest BCUT2D eigenvalue weighted by Gasteiger charge is -2.23. The fourth-order valence-electron chi connectivity index (χ4n) is 2.71. The summed E-state index contributed by atoms with van der Waals surface area (Å²) in [6.45, 7) is 5.64. The Bertz CT molecular complexity index is 570. The minimum absolute atomic E-state index is 0.0240. The van der Waals surface area contributed by atoms with Crippen molar-refractivity contribution in [2.75, 3.05) is 11.9 Å². The average Bonchev–Trinajstić information content (AvgIpc) is 2.51. The first kappa shape index (κ1) is 13.5. The van der Waals surface area contributed by atoms with Crippen LogP contribution in [0.25, 0.3) is 0 Å². The summed E-state index contributed by atoms with van der Waals surface area (Å²) in [4.78, 5) is 24.9. The summed E-state index contributed by atoms with van der Waals surface area (Å²) in [5, 5.41) is 0. The maximum absolute atomic E-state index is 11.9. The zero-order chi connectivity index (χ0) is 14.2. The second kappa shape index (κ2) is 4.65. The van der Waals surface area contributed by atoms with Gasteiger partial charge in [-0.25, -0.2) is 0 Å². The number of ketones is 2. The SMILES string of the molecule is CC(=O)CC(=O)/C=C1/N(C)c2ccccc2C1(C)C. The third-order valence-electron chi connectivity index (χ3n) is 3.66. The lowest BCUT2D eigenvalue weighted by molar-refractivity contribution is -0.123. The van der Waals surface area contributed by atoms with Gasteiger partial charge in [-0.1, -0.05) is 32.0 Å². The molecule has 0 unspecified atom stereocenters. The molecule has 0 saturated heterocycles. The van der Waals surface area contributed by atoms with Crippen molar-refractivity contribution in [1.82, 2.24) is 0 Å². The summed E-state index contributed by atoms with van der Waals surface area (Å²) in [7, 11) is 1.96. The molecule has 3 nitrogen and oxygen atoms in total. The van der Waals surface area contributed by atoms with Crippen LogP contribution in [0.15, 0.2) is 36.0 Å². The summed E-state index contributed by atoms with van der Waals surface area (Å²) in [5.74, 6) is -0.229. The molecule has 1 aromatic carbocycles. The van der Waals surface area contributed by atoms with Crippen molar-refractivity contribution in [2.24, 2.45) is 0 Å². The van der Waals surface area contributed by atoms with Crippen molar-refractivity contribution < 1.29 is 9.59 Å². The average molecular weight is 257 g/mol. The maximum atomic E-state index is 11.9. The number of Topliss-reactive ketones (excluding diaryl/α,β-unsaturated/α-hetero) is 1. The van der Waals surface area contributed by atoms with Gasteiger partial charge in [0.25, 0.3) is 0 Å². The van der Waals surface area contributed by atoms with Crippen LogP contribution in [-0.4, -0.2) is 18.6 Å². The number of nitrogens with zero attached hydrogens (tertiary/aromatic N) is 1. The summed E-state index contributed by atoms with van der Waals surface area (Å²) in [6, 6.07) is 8.13. The Kier molecular flexibility index (Phi) is 3.31. The highest BCUT2D eigenvalue weighted by atomic mass is 16.1. The predicted molar refractivity (Wildman–Crippen MR) is 76.3 cm³/mol. The number of fused-ring (bicyclic) bond motifs is 1. The molecule has 0 aliphatic carbocycles. The first-order chi connectivity index (χ1) is 8.84. The molecule has 1 aliphatic heterocycles. The summed E-state index contributed by atoms with van der Waals surface area (Å²) in [6.07, 6.45) is 1.59. The van der Waals surface area contributed by atoms with Crippen LogP contribution < -0.4 is 4.90 Å². The smallest absolute Gasteiger partial charge is 0.164 e. The van der Waals surface area contributed by atoms with E-state index in [4.69, 9.17) is 0 Å². The van der Waals surface area contributed by atoms with E-state index in [1.807, 2.05) is 30.1 Å². The van der Waals surface area contributed by atoms with Crippen molar-refractivity contribution in [3.05, 3.63) is 41.6 Å².